The predicted molar refractivity (Wildman–Crippen MR) is 76.7 cm³/mol. The fourth-order valence-corrected chi connectivity index (χ4v) is 2.23. The van der Waals surface area contributed by atoms with Gasteiger partial charge in [0.25, 0.3) is 0 Å². The number of thiophene rings is 1. The zero-order valence-corrected chi connectivity index (χ0v) is 12.3. The van der Waals surface area contributed by atoms with Gasteiger partial charge in [0.05, 0.1) is 0 Å². The van der Waals surface area contributed by atoms with Crippen molar-refractivity contribution >= 4 is 11.3 Å². The summed E-state index contributed by atoms with van der Waals surface area (Å²) in [6.07, 6.45) is 0. The molecule has 1 heterocycles. The Balaban J connectivity index is 2.13. The highest BCUT2D eigenvalue weighted by Gasteiger charge is 2.08. The highest BCUT2D eigenvalue weighted by Crippen LogP contribution is 2.07. The normalized spacial score (nSPS) is 13.5. The zero-order valence-electron chi connectivity index (χ0n) is 11.4. The molecule has 0 amide bonds. The molecule has 0 saturated carbocycles. The zero-order chi connectivity index (χ0) is 12.7. The molecule has 0 aliphatic carbocycles. The van der Waals surface area contributed by atoms with Gasteiger partial charge in [-0.2, -0.15) is 0 Å². The molecule has 0 saturated heterocycles. The van der Waals surface area contributed by atoms with E-state index in [1.807, 2.05) is 11.3 Å². The number of hydrogen-bond donors (Lipinski definition) is 1. The number of hydrogen-bond acceptors (Lipinski definition) is 4. The van der Waals surface area contributed by atoms with E-state index < -0.39 is 0 Å². The third-order valence-corrected chi connectivity index (χ3v) is 3.85. The maximum absolute atomic E-state index is 3.51. The van der Waals surface area contributed by atoms with Crippen LogP contribution in [0.4, 0.5) is 0 Å². The lowest BCUT2D eigenvalue weighted by Gasteiger charge is -2.26. The van der Waals surface area contributed by atoms with Gasteiger partial charge in [-0.25, -0.2) is 0 Å². The molecular weight excluding hydrogens is 230 g/mol. The molecular formula is C13H25N3S. The molecule has 0 aliphatic rings. The molecule has 0 radical (unpaired) electrons. The van der Waals surface area contributed by atoms with Crippen molar-refractivity contribution in [3.8, 4) is 0 Å². The van der Waals surface area contributed by atoms with Crippen LogP contribution in [0.1, 0.15) is 11.8 Å². The first-order chi connectivity index (χ1) is 8.09. The summed E-state index contributed by atoms with van der Waals surface area (Å²) in [5.41, 5.74) is 0. The molecule has 0 bridgehead atoms. The monoisotopic (exact) mass is 255 g/mol. The van der Waals surface area contributed by atoms with Crippen molar-refractivity contribution in [2.24, 2.45) is 0 Å². The van der Waals surface area contributed by atoms with E-state index in [-0.39, 0.29) is 0 Å². The Labute approximate surface area is 109 Å². The quantitative estimate of drug-likeness (QED) is 0.763. The molecule has 0 aliphatic heterocycles. The predicted octanol–water partition coefficient (Wildman–Crippen LogP) is 1.72. The summed E-state index contributed by atoms with van der Waals surface area (Å²) in [4.78, 5) is 6.04. The highest BCUT2D eigenvalue weighted by molar-refractivity contribution is 7.09. The van der Waals surface area contributed by atoms with Gasteiger partial charge in [0.15, 0.2) is 0 Å². The van der Waals surface area contributed by atoms with Crippen LogP contribution in [0.25, 0.3) is 0 Å². The minimum atomic E-state index is 0.579. The number of nitrogens with zero attached hydrogens (tertiary/aromatic N) is 2. The molecule has 0 aromatic carbocycles. The van der Waals surface area contributed by atoms with Gasteiger partial charge in [0, 0.05) is 37.1 Å². The van der Waals surface area contributed by atoms with E-state index in [1.165, 1.54) is 4.88 Å². The van der Waals surface area contributed by atoms with Crippen LogP contribution in [0.5, 0.6) is 0 Å². The molecule has 1 rings (SSSR count). The van der Waals surface area contributed by atoms with E-state index in [2.05, 4.69) is 60.7 Å². The first-order valence-electron chi connectivity index (χ1n) is 6.17. The molecule has 1 aromatic rings. The summed E-state index contributed by atoms with van der Waals surface area (Å²) in [7, 11) is 6.43. The van der Waals surface area contributed by atoms with Gasteiger partial charge in [-0.15, -0.1) is 11.3 Å². The molecule has 1 aromatic heterocycles. The lowest BCUT2D eigenvalue weighted by molar-refractivity contribution is 0.224. The molecule has 0 spiro atoms. The van der Waals surface area contributed by atoms with Crippen molar-refractivity contribution in [1.29, 1.82) is 0 Å². The van der Waals surface area contributed by atoms with Gasteiger partial charge in [0.2, 0.25) is 0 Å². The minimum absolute atomic E-state index is 0.579. The van der Waals surface area contributed by atoms with E-state index in [0.29, 0.717) is 6.04 Å². The van der Waals surface area contributed by atoms with Crippen LogP contribution in [0.15, 0.2) is 17.5 Å². The van der Waals surface area contributed by atoms with Crippen molar-refractivity contribution in [3.63, 3.8) is 0 Å². The molecule has 1 unspecified atom stereocenters. The van der Waals surface area contributed by atoms with Crippen molar-refractivity contribution in [3.05, 3.63) is 22.4 Å². The summed E-state index contributed by atoms with van der Waals surface area (Å²) in [5, 5.41) is 5.64. The second-order valence-electron chi connectivity index (χ2n) is 4.84. The van der Waals surface area contributed by atoms with Crippen LogP contribution >= 0.6 is 11.3 Å². The van der Waals surface area contributed by atoms with Crippen LogP contribution in [0.2, 0.25) is 0 Å². The van der Waals surface area contributed by atoms with E-state index in [4.69, 9.17) is 0 Å². The van der Waals surface area contributed by atoms with Crippen LogP contribution in [-0.4, -0.2) is 56.6 Å². The Kier molecular flexibility index (Phi) is 6.73. The lowest BCUT2D eigenvalue weighted by atomic mass is 10.3. The number of likely N-dealkylation sites (N-methyl/N-ethyl adjacent to an activating group) is 2. The Morgan fingerprint density at radius 2 is 2.06 bits per heavy atom. The Hall–Kier alpha value is -0.420. The average molecular weight is 255 g/mol. The van der Waals surface area contributed by atoms with E-state index in [9.17, 15) is 0 Å². The van der Waals surface area contributed by atoms with Crippen molar-refractivity contribution in [2.75, 3.05) is 40.8 Å². The second-order valence-corrected chi connectivity index (χ2v) is 5.88. The molecule has 1 atom stereocenters. The molecule has 4 heteroatoms. The third kappa shape index (κ3) is 6.17. The van der Waals surface area contributed by atoms with Gasteiger partial charge < -0.3 is 15.1 Å². The van der Waals surface area contributed by atoms with Gasteiger partial charge in [-0.1, -0.05) is 6.07 Å². The summed E-state index contributed by atoms with van der Waals surface area (Å²) in [6.45, 7) is 6.54. The van der Waals surface area contributed by atoms with Gasteiger partial charge in [-0.05, 0) is 39.5 Å². The van der Waals surface area contributed by atoms with E-state index in [0.717, 1.165) is 26.2 Å². The van der Waals surface area contributed by atoms with Crippen LogP contribution in [-0.2, 0) is 6.54 Å². The van der Waals surface area contributed by atoms with E-state index >= 15 is 0 Å². The van der Waals surface area contributed by atoms with Gasteiger partial charge >= 0.3 is 0 Å². The van der Waals surface area contributed by atoms with Crippen LogP contribution < -0.4 is 5.32 Å². The van der Waals surface area contributed by atoms with Crippen molar-refractivity contribution < 1.29 is 0 Å². The number of rotatable bonds is 8. The highest BCUT2D eigenvalue weighted by atomic mass is 32.1. The number of nitrogens with one attached hydrogen (secondary N) is 1. The minimum Gasteiger partial charge on any atom is -0.310 e. The molecule has 17 heavy (non-hydrogen) atoms. The topological polar surface area (TPSA) is 18.5 Å². The van der Waals surface area contributed by atoms with Crippen molar-refractivity contribution in [2.45, 2.75) is 19.5 Å². The summed E-state index contributed by atoms with van der Waals surface area (Å²) in [6, 6.07) is 4.86. The average Bonchev–Trinajstić information content (AvgIpc) is 2.78. The largest absolute Gasteiger partial charge is 0.310 e. The maximum atomic E-state index is 3.51. The molecule has 1 N–H and O–H groups in total. The maximum Gasteiger partial charge on any atom is 0.0300 e. The summed E-state index contributed by atoms with van der Waals surface area (Å²) >= 11 is 1.81. The summed E-state index contributed by atoms with van der Waals surface area (Å²) < 4.78 is 0. The Bertz CT molecular complexity index is 285. The first kappa shape index (κ1) is 14.6. The molecule has 0 fully saturated rings. The fraction of sp³-hybridized carbons (Fsp3) is 0.692. The van der Waals surface area contributed by atoms with E-state index in [1.54, 1.807) is 0 Å². The Morgan fingerprint density at radius 3 is 2.65 bits per heavy atom. The molecule has 98 valence electrons. The third-order valence-electron chi connectivity index (χ3n) is 2.97. The Morgan fingerprint density at radius 1 is 1.29 bits per heavy atom. The smallest absolute Gasteiger partial charge is 0.0300 e. The lowest BCUT2D eigenvalue weighted by Crippen LogP contribution is -2.40. The van der Waals surface area contributed by atoms with Crippen LogP contribution in [0.3, 0.4) is 0 Å². The fourth-order valence-electron chi connectivity index (χ4n) is 1.55. The second kappa shape index (κ2) is 7.82. The molecule has 3 nitrogen and oxygen atoms in total. The van der Waals surface area contributed by atoms with Gasteiger partial charge in [0.1, 0.15) is 0 Å². The van der Waals surface area contributed by atoms with Gasteiger partial charge in [-0.3, -0.25) is 0 Å². The summed E-state index contributed by atoms with van der Waals surface area (Å²) in [5.74, 6) is 0. The standard InChI is InChI=1S/C13H25N3S/c1-12(16(4)8-7-15(2)3)10-14-11-13-6-5-9-17-13/h5-6,9,12,14H,7-8,10-11H2,1-4H3. The van der Waals surface area contributed by atoms with Crippen LogP contribution in [0, 0.1) is 0 Å². The first-order valence-corrected chi connectivity index (χ1v) is 7.05. The SMILES string of the molecule is CC(CNCc1cccs1)N(C)CCN(C)C. The van der Waals surface area contributed by atoms with Crippen molar-refractivity contribution in [1.82, 2.24) is 15.1 Å².